The monoisotopic (exact) mass is 655 g/mol. The molecule has 2 heterocycles. The molecule has 1 atom stereocenters. The average molecular weight is 656 g/mol. The minimum atomic E-state index is -0.596. The van der Waals surface area contributed by atoms with Gasteiger partial charge < -0.3 is 15.1 Å². The molecule has 1 saturated heterocycles. The van der Waals surface area contributed by atoms with Gasteiger partial charge in [-0.1, -0.05) is 86.6 Å². The maximum atomic E-state index is 14.3. The molecular weight excluding hydrogens is 614 g/mol. The van der Waals surface area contributed by atoms with Crippen LogP contribution in [-0.2, 0) is 9.59 Å². The molecular formula is C40H41N5O4. The summed E-state index contributed by atoms with van der Waals surface area (Å²) in [6.45, 7) is 6.82. The maximum absolute atomic E-state index is 14.3. The van der Waals surface area contributed by atoms with Gasteiger partial charge in [-0.05, 0) is 52.8 Å². The molecule has 0 spiro atoms. The number of carbonyl (C=O) groups excluding carboxylic acids is 2. The second-order valence-corrected chi connectivity index (χ2v) is 14.0. The van der Waals surface area contributed by atoms with Crippen LogP contribution < -0.4 is 10.2 Å². The van der Waals surface area contributed by atoms with Crippen molar-refractivity contribution in [3.05, 3.63) is 147 Å². The van der Waals surface area contributed by atoms with Gasteiger partial charge in [-0.15, -0.1) is 0 Å². The third kappa shape index (κ3) is 6.58. The second-order valence-electron chi connectivity index (χ2n) is 14.0. The van der Waals surface area contributed by atoms with Crippen molar-refractivity contribution in [2.24, 2.45) is 5.41 Å². The van der Waals surface area contributed by atoms with Crippen LogP contribution in [0.15, 0.2) is 120 Å². The Kier molecular flexibility index (Phi) is 8.77. The summed E-state index contributed by atoms with van der Waals surface area (Å²) in [6.07, 6.45) is 1.04. The van der Waals surface area contributed by atoms with Gasteiger partial charge in [-0.2, -0.15) is 0 Å². The third-order valence-electron chi connectivity index (χ3n) is 9.99. The van der Waals surface area contributed by atoms with Crippen LogP contribution in [0.2, 0.25) is 0 Å². The second kappa shape index (κ2) is 13.3. The standard InChI is InChI=1S/C40H41N5O4/c1-40(2)25-33-37(35(46)26-40)39(30-17-19-31(20-18-30)45(48)49)44(34-16-10-9-15-32(34)41-33)27-36(47)42-21-23-43(24-22-42)38(28-11-5-3-6-12-28)29-13-7-4-8-14-29/h3-20,38-39,41H,21-27H2,1-2H3. The van der Waals surface area contributed by atoms with Gasteiger partial charge in [0, 0.05) is 56.0 Å². The number of non-ortho nitro benzene ring substituents is 1. The minimum Gasteiger partial charge on any atom is -0.357 e. The Morgan fingerprint density at radius 1 is 0.837 bits per heavy atom. The lowest BCUT2D eigenvalue weighted by Crippen LogP contribution is -2.52. The predicted molar refractivity (Wildman–Crippen MR) is 191 cm³/mol. The lowest BCUT2D eigenvalue weighted by molar-refractivity contribution is -0.384. The number of nitro groups is 1. The van der Waals surface area contributed by atoms with Crippen molar-refractivity contribution in [1.29, 1.82) is 0 Å². The zero-order chi connectivity index (χ0) is 34.1. The highest BCUT2D eigenvalue weighted by Crippen LogP contribution is 2.48. The van der Waals surface area contributed by atoms with Gasteiger partial charge in [0.05, 0.1) is 34.9 Å². The number of ketones is 1. The normalized spacial score (nSPS) is 19.2. The first-order chi connectivity index (χ1) is 23.7. The van der Waals surface area contributed by atoms with E-state index in [2.05, 4.69) is 72.6 Å². The smallest absolute Gasteiger partial charge is 0.269 e. The molecule has 1 N–H and O–H groups in total. The van der Waals surface area contributed by atoms with E-state index < -0.39 is 11.0 Å². The molecule has 1 amide bonds. The van der Waals surface area contributed by atoms with Gasteiger partial charge in [-0.3, -0.25) is 24.6 Å². The molecule has 3 aliphatic rings. The Bertz CT molecular complexity index is 1840. The number of rotatable bonds is 7. The molecule has 0 bridgehead atoms. The van der Waals surface area contributed by atoms with Gasteiger partial charge in [-0.25, -0.2) is 0 Å². The van der Waals surface area contributed by atoms with E-state index in [0.717, 1.165) is 22.6 Å². The molecule has 49 heavy (non-hydrogen) atoms. The number of allylic oxidation sites excluding steroid dienone is 1. The van der Waals surface area contributed by atoms with Gasteiger partial charge >= 0.3 is 0 Å². The quantitative estimate of drug-likeness (QED) is 0.167. The van der Waals surface area contributed by atoms with Crippen LogP contribution in [0.4, 0.5) is 17.1 Å². The SMILES string of the molecule is CC1(C)CC(=O)C2=C(C1)Nc1ccccc1N(CC(=O)N1CCN(C(c3ccccc3)c3ccccc3)CC1)C2c1ccc([N+](=O)[O-])cc1. The van der Waals surface area contributed by atoms with E-state index in [9.17, 15) is 19.7 Å². The van der Waals surface area contributed by atoms with E-state index in [1.165, 1.54) is 23.3 Å². The molecule has 250 valence electrons. The Balaban J connectivity index is 1.20. The molecule has 2 aliphatic heterocycles. The van der Waals surface area contributed by atoms with Crippen LogP contribution in [0.25, 0.3) is 0 Å². The first-order valence-electron chi connectivity index (χ1n) is 16.9. The van der Waals surface area contributed by atoms with E-state index >= 15 is 0 Å². The molecule has 9 nitrogen and oxygen atoms in total. The molecule has 7 rings (SSSR count). The van der Waals surface area contributed by atoms with Crippen LogP contribution in [0.3, 0.4) is 0 Å². The average Bonchev–Trinajstić information content (AvgIpc) is 3.23. The van der Waals surface area contributed by atoms with Crippen LogP contribution in [0, 0.1) is 15.5 Å². The van der Waals surface area contributed by atoms with E-state index in [4.69, 9.17) is 0 Å². The molecule has 0 radical (unpaired) electrons. The van der Waals surface area contributed by atoms with Gasteiger partial charge in [0.15, 0.2) is 5.78 Å². The first-order valence-corrected chi connectivity index (χ1v) is 16.9. The summed E-state index contributed by atoms with van der Waals surface area (Å²) in [7, 11) is 0. The van der Waals surface area contributed by atoms with Gasteiger partial charge in [0.2, 0.25) is 5.91 Å². The highest BCUT2D eigenvalue weighted by atomic mass is 16.6. The fourth-order valence-corrected chi connectivity index (χ4v) is 7.71. The van der Waals surface area contributed by atoms with Gasteiger partial charge in [0.1, 0.15) is 0 Å². The van der Waals surface area contributed by atoms with Crippen LogP contribution in [0.5, 0.6) is 0 Å². The van der Waals surface area contributed by atoms with Crippen molar-refractivity contribution in [3.63, 3.8) is 0 Å². The van der Waals surface area contributed by atoms with Crippen LogP contribution in [-0.4, -0.2) is 59.1 Å². The third-order valence-corrected chi connectivity index (χ3v) is 9.99. The maximum Gasteiger partial charge on any atom is 0.269 e. The number of Topliss-reactive ketones (excluding diaryl/α,β-unsaturated/α-hetero) is 1. The lowest BCUT2D eigenvalue weighted by atomic mass is 9.73. The Hall–Kier alpha value is -5.28. The first kappa shape index (κ1) is 32.3. The fraction of sp³-hybridized carbons (Fsp3) is 0.300. The molecule has 4 aromatic rings. The minimum absolute atomic E-state index is 0.0221. The predicted octanol–water partition coefficient (Wildman–Crippen LogP) is 7.15. The molecule has 1 fully saturated rings. The number of anilines is 2. The fourth-order valence-electron chi connectivity index (χ4n) is 7.71. The van der Waals surface area contributed by atoms with Crippen molar-refractivity contribution in [2.75, 3.05) is 42.9 Å². The lowest BCUT2D eigenvalue weighted by Gasteiger charge is -2.41. The Morgan fingerprint density at radius 3 is 2.04 bits per heavy atom. The number of para-hydroxylation sites is 2. The number of piperazine rings is 1. The molecule has 0 saturated carbocycles. The number of amides is 1. The molecule has 9 heteroatoms. The number of carbonyl (C=O) groups is 2. The number of nitrogens with one attached hydrogen (secondary N) is 1. The number of nitro benzene ring substituents is 1. The highest BCUT2D eigenvalue weighted by Gasteiger charge is 2.42. The van der Waals surface area contributed by atoms with E-state index in [1.807, 2.05) is 46.2 Å². The number of benzene rings is 4. The summed E-state index contributed by atoms with van der Waals surface area (Å²) in [5.74, 6) is -0.00110. The Morgan fingerprint density at radius 2 is 1.43 bits per heavy atom. The number of hydrogen-bond donors (Lipinski definition) is 1. The summed E-state index contributed by atoms with van der Waals surface area (Å²) in [6, 6.07) is 34.7. The molecule has 1 unspecified atom stereocenters. The Labute approximate surface area is 287 Å². The zero-order valence-electron chi connectivity index (χ0n) is 27.9. The van der Waals surface area contributed by atoms with Crippen molar-refractivity contribution in [3.8, 4) is 0 Å². The van der Waals surface area contributed by atoms with Crippen molar-refractivity contribution < 1.29 is 14.5 Å². The van der Waals surface area contributed by atoms with E-state index in [1.54, 1.807) is 12.1 Å². The molecule has 0 aromatic heterocycles. The van der Waals surface area contributed by atoms with Crippen molar-refractivity contribution in [2.45, 2.75) is 38.8 Å². The summed E-state index contributed by atoms with van der Waals surface area (Å²) in [4.78, 5) is 45.9. The zero-order valence-corrected chi connectivity index (χ0v) is 27.9. The number of nitrogens with zero attached hydrogens (tertiary/aromatic N) is 4. The summed E-state index contributed by atoms with van der Waals surface area (Å²) >= 11 is 0. The number of hydrogen-bond acceptors (Lipinski definition) is 7. The van der Waals surface area contributed by atoms with Crippen molar-refractivity contribution in [1.82, 2.24) is 9.80 Å². The van der Waals surface area contributed by atoms with Gasteiger partial charge in [0.25, 0.3) is 5.69 Å². The largest absolute Gasteiger partial charge is 0.357 e. The molecule has 1 aliphatic carbocycles. The summed E-state index contributed by atoms with van der Waals surface area (Å²) < 4.78 is 0. The van der Waals surface area contributed by atoms with E-state index in [-0.39, 0.29) is 35.4 Å². The van der Waals surface area contributed by atoms with E-state index in [0.29, 0.717) is 44.6 Å². The highest BCUT2D eigenvalue weighted by molar-refractivity contribution is 6.02. The summed E-state index contributed by atoms with van der Waals surface area (Å²) in [5.41, 5.74) is 6.02. The number of fused-ring (bicyclic) bond motifs is 1. The van der Waals surface area contributed by atoms with Crippen LogP contribution in [0.1, 0.15) is 55.5 Å². The topological polar surface area (TPSA) is 99.0 Å². The molecule has 4 aromatic carbocycles. The van der Waals surface area contributed by atoms with Crippen LogP contribution >= 0.6 is 0 Å². The van der Waals surface area contributed by atoms with Crippen molar-refractivity contribution >= 4 is 28.8 Å². The summed E-state index contributed by atoms with van der Waals surface area (Å²) in [5, 5.41) is 15.1.